The van der Waals surface area contributed by atoms with E-state index >= 15 is 0 Å². The van der Waals surface area contributed by atoms with E-state index in [4.69, 9.17) is 11.6 Å². The summed E-state index contributed by atoms with van der Waals surface area (Å²) in [5.41, 5.74) is 3.60. The Bertz CT molecular complexity index is 623. The number of ketones is 1. The zero-order chi connectivity index (χ0) is 17.4. The molecule has 3 aliphatic rings. The van der Waals surface area contributed by atoms with Gasteiger partial charge in [0.15, 0.2) is 5.78 Å². The molecular weight excluding hydrogens is 330 g/mol. The molecule has 1 aromatic carbocycles. The van der Waals surface area contributed by atoms with Crippen LogP contribution >= 0.6 is 11.6 Å². The van der Waals surface area contributed by atoms with E-state index in [1.165, 1.54) is 43.2 Å². The molecule has 1 N–H and O–H groups in total. The van der Waals surface area contributed by atoms with E-state index in [0.717, 1.165) is 42.7 Å². The van der Waals surface area contributed by atoms with Gasteiger partial charge in [-0.05, 0) is 74.3 Å². The summed E-state index contributed by atoms with van der Waals surface area (Å²) in [5, 5.41) is 3.96. The molecule has 1 aromatic rings. The van der Waals surface area contributed by atoms with Crippen LogP contribution in [-0.2, 0) is 12.8 Å². The Balaban J connectivity index is 1.48. The van der Waals surface area contributed by atoms with Crippen molar-refractivity contribution in [1.29, 1.82) is 0 Å². The molecule has 0 radical (unpaired) electrons. The number of hydrogen-bond acceptors (Lipinski definition) is 2. The maximum absolute atomic E-state index is 12.7. The van der Waals surface area contributed by atoms with E-state index in [1.807, 2.05) is 19.1 Å². The third-order valence-electron chi connectivity index (χ3n) is 6.32. The molecule has 2 fully saturated rings. The van der Waals surface area contributed by atoms with Crippen LogP contribution in [0.3, 0.4) is 0 Å². The second-order valence-corrected chi connectivity index (χ2v) is 9.00. The van der Waals surface area contributed by atoms with Crippen molar-refractivity contribution < 1.29 is 4.79 Å². The molecule has 0 bridgehead atoms. The topological polar surface area (TPSA) is 29.1 Å². The van der Waals surface area contributed by atoms with Crippen LogP contribution in [0.2, 0.25) is 0 Å². The molecule has 0 aliphatic heterocycles. The smallest absolute Gasteiger partial charge is 0.164 e. The molecule has 0 spiro atoms. The lowest BCUT2D eigenvalue weighted by atomic mass is 9.83. The predicted molar refractivity (Wildman–Crippen MR) is 104 cm³/mol. The number of carbonyl (C=O) groups excluding carboxylic acids is 1. The summed E-state index contributed by atoms with van der Waals surface area (Å²) in [6.45, 7) is 2.04. The first-order valence-corrected chi connectivity index (χ1v) is 10.6. The van der Waals surface area contributed by atoms with Crippen LogP contribution in [0.5, 0.6) is 0 Å². The Morgan fingerprint density at radius 2 is 1.92 bits per heavy atom. The molecule has 0 aromatic heterocycles. The lowest BCUT2D eigenvalue weighted by Crippen LogP contribution is -2.44. The maximum Gasteiger partial charge on any atom is 0.164 e. The van der Waals surface area contributed by atoms with E-state index in [1.54, 1.807) is 0 Å². The summed E-state index contributed by atoms with van der Waals surface area (Å²) in [5.74, 6) is 2.07. The highest BCUT2D eigenvalue weighted by molar-refractivity contribution is 6.22. The predicted octanol–water partition coefficient (Wildman–Crippen LogP) is 4.91. The zero-order valence-electron chi connectivity index (χ0n) is 15.3. The number of fused-ring (bicyclic) bond motifs is 1. The zero-order valence-corrected chi connectivity index (χ0v) is 16.0. The number of aryl methyl sites for hydroxylation is 1. The minimum Gasteiger partial charge on any atom is -0.310 e. The monoisotopic (exact) mass is 359 g/mol. The molecule has 2 nitrogen and oxygen atoms in total. The van der Waals surface area contributed by atoms with Gasteiger partial charge in [0.05, 0.1) is 0 Å². The van der Waals surface area contributed by atoms with E-state index in [-0.39, 0.29) is 11.2 Å². The van der Waals surface area contributed by atoms with Crippen molar-refractivity contribution in [2.45, 2.75) is 82.2 Å². The van der Waals surface area contributed by atoms with Crippen molar-refractivity contribution in [2.75, 3.05) is 0 Å². The fourth-order valence-corrected chi connectivity index (χ4v) is 4.63. The number of hydrogen-bond donors (Lipinski definition) is 1. The molecule has 2 unspecified atom stereocenters. The van der Waals surface area contributed by atoms with Gasteiger partial charge in [0.1, 0.15) is 0 Å². The first-order valence-electron chi connectivity index (χ1n) is 10.2. The molecule has 2 atom stereocenters. The van der Waals surface area contributed by atoms with Crippen molar-refractivity contribution in [3.05, 3.63) is 34.9 Å². The highest BCUT2D eigenvalue weighted by Crippen LogP contribution is 2.45. The van der Waals surface area contributed by atoms with E-state index in [0.29, 0.717) is 12.5 Å². The summed E-state index contributed by atoms with van der Waals surface area (Å²) in [6, 6.07) is 7.54. The van der Waals surface area contributed by atoms with Gasteiger partial charge in [0.25, 0.3) is 0 Å². The van der Waals surface area contributed by atoms with Crippen molar-refractivity contribution in [3.63, 3.8) is 0 Å². The highest BCUT2D eigenvalue weighted by atomic mass is 35.5. The number of alkyl halides is 1. The molecule has 3 heteroatoms. The molecule has 25 heavy (non-hydrogen) atoms. The SMILES string of the molecule is CCC(Cl)CC(=O)c1cccc2c1CC(NC(C1CC1)C1CC1)CC2. The standard InChI is InChI=1S/C22H30ClNO/c1-2-17(23)12-21(25)19-5-3-4-14-10-11-18(13-20(14)19)24-22(15-6-7-15)16-8-9-16/h3-5,15-18,22,24H,2,6-13H2,1H3. The largest absolute Gasteiger partial charge is 0.310 e. The lowest BCUT2D eigenvalue weighted by molar-refractivity contribution is 0.0979. The van der Waals surface area contributed by atoms with Crippen molar-refractivity contribution in [1.82, 2.24) is 5.32 Å². The van der Waals surface area contributed by atoms with Crippen LogP contribution in [0.4, 0.5) is 0 Å². The molecular formula is C22H30ClNO. The molecule has 4 rings (SSSR count). The fraction of sp³-hybridized carbons (Fsp3) is 0.682. The number of carbonyl (C=O) groups is 1. The van der Waals surface area contributed by atoms with Gasteiger partial charge in [-0.15, -0.1) is 11.6 Å². The average molecular weight is 360 g/mol. The molecule has 2 saturated carbocycles. The van der Waals surface area contributed by atoms with Crippen molar-refractivity contribution in [3.8, 4) is 0 Å². The average Bonchev–Trinajstić information content (AvgIpc) is 3.52. The van der Waals surface area contributed by atoms with Crippen LogP contribution < -0.4 is 5.32 Å². The third-order valence-corrected chi connectivity index (χ3v) is 6.79. The maximum atomic E-state index is 12.7. The quantitative estimate of drug-likeness (QED) is 0.527. The number of Topliss-reactive ketones (excluding diaryl/α,β-unsaturated/α-hetero) is 1. The van der Waals surface area contributed by atoms with Crippen LogP contribution in [0, 0.1) is 11.8 Å². The number of rotatable bonds is 8. The van der Waals surface area contributed by atoms with E-state index < -0.39 is 0 Å². The fourth-order valence-electron chi connectivity index (χ4n) is 4.49. The number of nitrogens with one attached hydrogen (secondary N) is 1. The number of benzene rings is 1. The van der Waals surface area contributed by atoms with Crippen LogP contribution in [-0.4, -0.2) is 23.2 Å². The second kappa shape index (κ2) is 7.40. The molecule has 0 amide bonds. The van der Waals surface area contributed by atoms with Crippen LogP contribution in [0.1, 0.15) is 73.4 Å². The van der Waals surface area contributed by atoms with Gasteiger partial charge in [-0.1, -0.05) is 25.1 Å². The lowest BCUT2D eigenvalue weighted by Gasteiger charge is -2.31. The Hall–Kier alpha value is -0.860. The van der Waals surface area contributed by atoms with Crippen LogP contribution in [0.25, 0.3) is 0 Å². The highest BCUT2D eigenvalue weighted by Gasteiger charge is 2.42. The minimum atomic E-state index is -0.0463. The van der Waals surface area contributed by atoms with Gasteiger partial charge in [0, 0.05) is 29.4 Å². The molecule has 0 saturated heterocycles. The van der Waals surface area contributed by atoms with Crippen molar-refractivity contribution >= 4 is 17.4 Å². The normalized spacial score (nSPS) is 24.2. The molecule has 3 aliphatic carbocycles. The van der Waals surface area contributed by atoms with Gasteiger partial charge in [0.2, 0.25) is 0 Å². The summed E-state index contributed by atoms with van der Waals surface area (Å²) >= 11 is 6.24. The minimum absolute atomic E-state index is 0.0463. The van der Waals surface area contributed by atoms with Gasteiger partial charge in [-0.3, -0.25) is 4.79 Å². The summed E-state index contributed by atoms with van der Waals surface area (Å²) < 4.78 is 0. The second-order valence-electron chi connectivity index (χ2n) is 8.38. The molecule has 0 heterocycles. The van der Waals surface area contributed by atoms with Crippen LogP contribution in [0.15, 0.2) is 18.2 Å². The first kappa shape index (κ1) is 17.5. The summed E-state index contributed by atoms with van der Waals surface area (Å²) in [4.78, 5) is 12.7. The van der Waals surface area contributed by atoms with Gasteiger partial charge >= 0.3 is 0 Å². The molecule has 136 valence electrons. The van der Waals surface area contributed by atoms with Gasteiger partial charge < -0.3 is 5.32 Å². The van der Waals surface area contributed by atoms with Gasteiger partial charge in [-0.25, -0.2) is 0 Å². The Morgan fingerprint density at radius 3 is 2.56 bits per heavy atom. The van der Waals surface area contributed by atoms with Crippen molar-refractivity contribution in [2.24, 2.45) is 11.8 Å². The Labute approximate surface area is 156 Å². The first-order chi connectivity index (χ1) is 12.2. The van der Waals surface area contributed by atoms with Gasteiger partial charge in [-0.2, -0.15) is 0 Å². The summed E-state index contributed by atoms with van der Waals surface area (Å²) in [6.07, 6.45) is 10.2. The summed E-state index contributed by atoms with van der Waals surface area (Å²) in [7, 11) is 0. The number of halogens is 1. The van der Waals surface area contributed by atoms with E-state index in [9.17, 15) is 4.79 Å². The third kappa shape index (κ3) is 4.11. The Kier molecular flexibility index (Phi) is 5.20. The Morgan fingerprint density at radius 1 is 1.20 bits per heavy atom. The van der Waals surface area contributed by atoms with E-state index in [2.05, 4.69) is 11.4 Å².